The molecule has 0 saturated carbocycles. The third-order valence-electron chi connectivity index (χ3n) is 5.90. The fourth-order valence-corrected chi connectivity index (χ4v) is 5.40. The van der Waals surface area contributed by atoms with E-state index >= 15 is 0 Å². The summed E-state index contributed by atoms with van der Waals surface area (Å²) in [4.78, 5) is 35.6. The highest BCUT2D eigenvalue weighted by Gasteiger charge is 2.56. The van der Waals surface area contributed by atoms with Crippen LogP contribution in [0.5, 0.6) is 0 Å². The second kappa shape index (κ2) is 12.8. The highest BCUT2D eigenvalue weighted by Crippen LogP contribution is 2.46. The van der Waals surface area contributed by atoms with E-state index in [2.05, 4.69) is 6.92 Å². The summed E-state index contributed by atoms with van der Waals surface area (Å²) in [5, 5.41) is 9.81. The van der Waals surface area contributed by atoms with Crippen molar-refractivity contribution in [3.05, 3.63) is 0 Å². The average molecular weight is 436 g/mol. The lowest BCUT2D eigenvalue weighted by Crippen LogP contribution is -2.62. The van der Waals surface area contributed by atoms with Gasteiger partial charge in [0.05, 0.1) is 12.7 Å². The van der Waals surface area contributed by atoms with Crippen LogP contribution in [-0.4, -0.2) is 57.9 Å². The summed E-state index contributed by atoms with van der Waals surface area (Å²) in [7, 11) is -3.98. The van der Waals surface area contributed by atoms with Gasteiger partial charge in [-0.15, -0.1) is 0 Å². The molecule has 8 nitrogen and oxygen atoms in total. The van der Waals surface area contributed by atoms with Crippen molar-refractivity contribution in [3.63, 3.8) is 0 Å². The Morgan fingerprint density at radius 1 is 1.17 bits per heavy atom. The first-order chi connectivity index (χ1) is 13.7. The van der Waals surface area contributed by atoms with Crippen LogP contribution in [0.25, 0.3) is 0 Å². The highest BCUT2D eigenvalue weighted by molar-refractivity contribution is 7.52. The van der Waals surface area contributed by atoms with Crippen molar-refractivity contribution in [2.24, 2.45) is 5.73 Å². The molecule has 0 aliphatic carbocycles. The minimum atomic E-state index is -3.98. The first-order valence-corrected chi connectivity index (χ1v) is 12.8. The molecule has 0 aromatic rings. The number of imide groups is 1. The van der Waals surface area contributed by atoms with Gasteiger partial charge in [0.2, 0.25) is 0 Å². The number of hydrogen-bond acceptors (Lipinski definition) is 5. The molecular formula is C20H40N2O6P+. The molecule has 0 aromatic heterocycles. The van der Waals surface area contributed by atoms with Crippen molar-refractivity contribution in [1.29, 1.82) is 0 Å². The Morgan fingerprint density at radius 2 is 1.83 bits per heavy atom. The molecule has 1 aliphatic rings. The van der Waals surface area contributed by atoms with E-state index in [-0.39, 0.29) is 25.2 Å². The maximum atomic E-state index is 13.2. The molecule has 4 N–H and O–H groups in total. The van der Waals surface area contributed by atoms with Gasteiger partial charge in [-0.05, 0) is 39.2 Å². The Kier molecular flexibility index (Phi) is 11.6. The van der Waals surface area contributed by atoms with Crippen molar-refractivity contribution >= 4 is 19.6 Å². The van der Waals surface area contributed by atoms with Gasteiger partial charge >= 0.3 is 19.6 Å². The van der Waals surface area contributed by atoms with Crippen molar-refractivity contribution in [2.75, 3.05) is 19.3 Å². The predicted octanol–water partition coefficient (Wildman–Crippen LogP) is 4.25. The Labute approximate surface area is 174 Å². The number of quaternary nitrogens is 1. The van der Waals surface area contributed by atoms with E-state index in [9.17, 15) is 24.2 Å². The molecule has 1 saturated heterocycles. The van der Waals surface area contributed by atoms with Crippen LogP contribution >= 0.6 is 7.60 Å². The number of likely N-dealkylation sites (tertiary alicyclic amines) is 1. The summed E-state index contributed by atoms with van der Waals surface area (Å²) in [6.45, 7) is 4.50. The molecule has 170 valence electrons. The van der Waals surface area contributed by atoms with Crippen molar-refractivity contribution in [1.82, 2.24) is 0 Å². The van der Waals surface area contributed by atoms with E-state index in [0.717, 1.165) is 32.1 Å². The summed E-state index contributed by atoms with van der Waals surface area (Å²) in [6.07, 6.45) is 6.00. The molecule has 1 heterocycles. The second-order valence-corrected chi connectivity index (χ2v) is 10.1. The minimum Gasteiger partial charge on any atom is -0.435 e. The van der Waals surface area contributed by atoms with Crippen LogP contribution in [-0.2, 0) is 13.9 Å². The van der Waals surface area contributed by atoms with Crippen LogP contribution < -0.4 is 5.73 Å². The molecule has 4 atom stereocenters. The van der Waals surface area contributed by atoms with Gasteiger partial charge in [-0.3, -0.25) is 9.09 Å². The lowest BCUT2D eigenvalue weighted by molar-refractivity contribution is -0.794. The zero-order valence-corrected chi connectivity index (χ0v) is 18.9. The fourth-order valence-electron chi connectivity index (χ4n) is 4.08. The van der Waals surface area contributed by atoms with Gasteiger partial charge < -0.3 is 15.7 Å². The molecule has 0 bridgehead atoms. The van der Waals surface area contributed by atoms with Crippen LogP contribution in [0, 0.1) is 0 Å². The van der Waals surface area contributed by atoms with E-state index in [0.29, 0.717) is 38.6 Å². The quantitative estimate of drug-likeness (QED) is 0.211. The normalized spacial score (nSPS) is 24.9. The topological polar surface area (TPSA) is 127 Å². The Bertz CT molecular complexity index is 573. The molecular weight excluding hydrogens is 395 g/mol. The standard InChI is InChI=1S/C20H39N2O6P/c1-3-4-5-6-7-10-16-29(26,27)28-18(13-8-9-14-21)19(23)22(20(24)25)15-11-12-17(22)2/h17-18H,3-16,21H2,1-2H3,(H-,24,25,26,27)/p+1/t17?,18?,22-/m0/s1. The number of nitrogens with zero attached hydrogens (tertiary/aromatic N) is 1. The molecule has 9 heteroatoms. The number of unbranched alkanes of at least 4 members (excludes halogenated alkanes) is 6. The Hall–Kier alpha value is -0.790. The lowest BCUT2D eigenvalue weighted by Gasteiger charge is -2.33. The minimum absolute atomic E-state index is 0.0115. The lowest BCUT2D eigenvalue weighted by atomic mass is 10.1. The third-order valence-corrected chi connectivity index (χ3v) is 7.37. The fraction of sp³-hybridized carbons (Fsp3) is 0.900. The van der Waals surface area contributed by atoms with Crippen LogP contribution in [0.2, 0.25) is 0 Å². The number of rotatable bonds is 14. The number of carbonyl (C=O) groups is 2. The number of amides is 2. The molecule has 1 aliphatic heterocycles. The summed E-state index contributed by atoms with van der Waals surface area (Å²) in [5.41, 5.74) is 5.52. The Balaban J connectivity index is 2.81. The zero-order chi connectivity index (χ0) is 21.9. The van der Waals surface area contributed by atoms with Gasteiger partial charge in [0.15, 0.2) is 6.10 Å². The number of carbonyl (C=O) groups excluding carboxylic acids is 1. The van der Waals surface area contributed by atoms with Gasteiger partial charge in [-0.2, -0.15) is 9.28 Å². The van der Waals surface area contributed by atoms with Crippen LogP contribution in [0.3, 0.4) is 0 Å². The molecule has 0 aromatic carbocycles. The molecule has 29 heavy (non-hydrogen) atoms. The molecule has 1 rings (SSSR count). The first-order valence-electron chi connectivity index (χ1n) is 11.1. The number of carboxylic acid groups (broad SMARTS) is 1. The van der Waals surface area contributed by atoms with Crippen LogP contribution in [0.4, 0.5) is 4.79 Å². The van der Waals surface area contributed by atoms with Gasteiger partial charge in [0, 0.05) is 12.8 Å². The average Bonchev–Trinajstić information content (AvgIpc) is 3.05. The Morgan fingerprint density at radius 3 is 2.38 bits per heavy atom. The number of hydrogen-bond donors (Lipinski definition) is 3. The smallest absolute Gasteiger partial charge is 0.435 e. The van der Waals surface area contributed by atoms with Crippen LogP contribution in [0.1, 0.15) is 84.5 Å². The van der Waals surface area contributed by atoms with Crippen molar-refractivity contribution in [3.8, 4) is 0 Å². The van der Waals surface area contributed by atoms with Gasteiger partial charge in [-0.1, -0.05) is 39.0 Å². The van der Waals surface area contributed by atoms with E-state index < -0.39 is 30.2 Å². The van der Waals surface area contributed by atoms with E-state index in [1.807, 2.05) is 0 Å². The monoisotopic (exact) mass is 435 g/mol. The number of nitrogens with two attached hydrogens (primary N) is 1. The summed E-state index contributed by atoms with van der Waals surface area (Å²) < 4.78 is 17.4. The van der Waals surface area contributed by atoms with Crippen molar-refractivity contribution in [2.45, 2.75) is 96.6 Å². The van der Waals surface area contributed by atoms with Gasteiger partial charge in [0.25, 0.3) is 0 Å². The molecule has 1 fully saturated rings. The molecule has 0 radical (unpaired) electrons. The molecule has 3 unspecified atom stereocenters. The second-order valence-electron chi connectivity index (χ2n) is 8.21. The maximum Gasteiger partial charge on any atom is 0.521 e. The predicted molar refractivity (Wildman–Crippen MR) is 113 cm³/mol. The first kappa shape index (κ1) is 26.2. The summed E-state index contributed by atoms with van der Waals surface area (Å²) in [5.74, 6) is -0.614. The SMILES string of the molecule is CCCCCCCCP(=O)(O)OC(CCCCN)C(=O)[N@+]1(C(=O)O)CCCC1C. The van der Waals surface area contributed by atoms with Crippen LogP contribution in [0.15, 0.2) is 0 Å². The van der Waals surface area contributed by atoms with E-state index in [1.165, 1.54) is 0 Å². The third kappa shape index (κ3) is 7.76. The zero-order valence-electron chi connectivity index (χ0n) is 18.1. The molecule has 0 spiro atoms. The summed E-state index contributed by atoms with van der Waals surface area (Å²) in [6, 6.07) is -0.378. The van der Waals surface area contributed by atoms with Crippen molar-refractivity contribution < 1.29 is 33.2 Å². The van der Waals surface area contributed by atoms with Gasteiger partial charge in [-0.25, -0.2) is 4.79 Å². The van der Waals surface area contributed by atoms with E-state index in [4.69, 9.17) is 10.3 Å². The summed E-state index contributed by atoms with van der Waals surface area (Å²) >= 11 is 0. The largest absolute Gasteiger partial charge is 0.521 e. The molecule has 2 amide bonds. The highest BCUT2D eigenvalue weighted by atomic mass is 31.2. The van der Waals surface area contributed by atoms with Gasteiger partial charge in [0.1, 0.15) is 6.04 Å². The van der Waals surface area contributed by atoms with E-state index in [1.54, 1.807) is 6.92 Å². The maximum absolute atomic E-state index is 13.2.